The summed E-state index contributed by atoms with van der Waals surface area (Å²) in [5, 5.41) is 6.28. The average molecular weight is 284 g/mol. The molecule has 1 amide bonds. The van der Waals surface area contributed by atoms with Crippen molar-refractivity contribution < 1.29 is 4.79 Å². The van der Waals surface area contributed by atoms with Crippen molar-refractivity contribution in [3.05, 3.63) is 42.0 Å². The molecule has 0 radical (unpaired) electrons. The molecule has 0 aromatic heterocycles. The van der Waals surface area contributed by atoms with Crippen LogP contribution in [0.25, 0.3) is 0 Å². The lowest BCUT2D eigenvalue weighted by Gasteiger charge is -2.27. The van der Waals surface area contributed by atoms with E-state index in [-0.39, 0.29) is 5.91 Å². The minimum absolute atomic E-state index is 0.0536. The number of carbonyl (C=O) groups excluding carboxylic acids is 1. The normalized spacial score (nSPS) is 27.6. The van der Waals surface area contributed by atoms with E-state index in [0.29, 0.717) is 12.5 Å². The third-order valence-corrected chi connectivity index (χ3v) is 4.96. The molecule has 4 unspecified atom stereocenters. The van der Waals surface area contributed by atoms with E-state index in [1.54, 1.807) is 7.05 Å². The van der Waals surface area contributed by atoms with Gasteiger partial charge in [0, 0.05) is 18.8 Å². The summed E-state index contributed by atoms with van der Waals surface area (Å²) in [5.41, 5.74) is 2.20. The summed E-state index contributed by atoms with van der Waals surface area (Å²) in [5.74, 6) is 2.40. The van der Waals surface area contributed by atoms with Crippen molar-refractivity contribution in [1.29, 1.82) is 0 Å². The van der Waals surface area contributed by atoms with Crippen LogP contribution < -0.4 is 10.6 Å². The second kappa shape index (κ2) is 5.92. The third kappa shape index (κ3) is 3.12. The topological polar surface area (TPSA) is 41.1 Å². The molecule has 3 nitrogen and oxygen atoms in total. The zero-order chi connectivity index (χ0) is 14.8. The summed E-state index contributed by atoms with van der Waals surface area (Å²) in [6.07, 6.45) is 7.92. The van der Waals surface area contributed by atoms with Gasteiger partial charge in [-0.15, -0.1) is 0 Å². The molecule has 2 aliphatic carbocycles. The largest absolute Gasteiger partial charge is 0.382 e. The van der Waals surface area contributed by atoms with Crippen LogP contribution in [0.5, 0.6) is 0 Å². The lowest BCUT2D eigenvalue weighted by molar-refractivity contribution is -0.119. The Morgan fingerprint density at radius 1 is 1.24 bits per heavy atom. The van der Waals surface area contributed by atoms with Crippen LogP contribution in [0, 0.1) is 17.8 Å². The first-order valence-corrected chi connectivity index (χ1v) is 7.90. The molecule has 1 aromatic rings. The third-order valence-electron chi connectivity index (χ3n) is 4.96. The van der Waals surface area contributed by atoms with Crippen LogP contribution in [0.4, 0.5) is 5.69 Å². The van der Waals surface area contributed by atoms with E-state index < -0.39 is 0 Å². The van der Waals surface area contributed by atoms with Gasteiger partial charge in [-0.3, -0.25) is 4.79 Å². The number of allylic oxidation sites excluding steroid dienone is 2. The number of likely N-dealkylation sites (N-methyl/N-ethyl adjacent to an activating group) is 1. The smallest absolute Gasteiger partial charge is 0.224 e. The van der Waals surface area contributed by atoms with Gasteiger partial charge in [-0.05, 0) is 55.2 Å². The first-order valence-electron chi connectivity index (χ1n) is 7.90. The number of nitrogens with one attached hydrogen (secondary N) is 2. The van der Waals surface area contributed by atoms with Gasteiger partial charge in [-0.2, -0.15) is 0 Å². The van der Waals surface area contributed by atoms with Crippen LogP contribution in [0.2, 0.25) is 0 Å². The van der Waals surface area contributed by atoms with Gasteiger partial charge < -0.3 is 10.6 Å². The zero-order valence-corrected chi connectivity index (χ0v) is 12.8. The first kappa shape index (κ1) is 14.2. The van der Waals surface area contributed by atoms with E-state index in [0.717, 1.165) is 29.0 Å². The monoisotopic (exact) mass is 284 g/mol. The van der Waals surface area contributed by atoms with E-state index >= 15 is 0 Å². The van der Waals surface area contributed by atoms with Crippen molar-refractivity contribution in [2.24, 2.45) is 17.8 Å². The standard InChI is InChI=1S/C18H24N2O/c1-12(17-10-14-3-6-15(17)9-14)20-16-7-4-13(5-8-16)11-18(21)19-2/h3-8,12,14-15,17,20H,9-11H2,1-2H3,(H,19,21). The van der Waals surface area contributed by atoms with Crippen molar-refractivity contribution in [1.82, 2.24) is 5.32 Å². The Hall–Kier alpha value is -1.77. The summed E-state index contributed by atoms with van der Waals surface area (Å²) in [4.78, 5) is 11.4. The Balaban J connectivity index is 1.57. The van der Waals surface area contributed by atoms with Crippen LogP contribution in [0.15, 0.2) is 36.4 Å². The number of rotatable bonds is 5. The van der Waals surface area contributed by atoms with Crippen molar-refractivity contribution in [2.75, 3.05) is 12.4 Å². The SMILES string of the molecule is CNC(=O)Cc1ccc(NC(C)C2CC3C=CC2C3)cc1. The van der Waals surface area contributed by atoms with E-state index in [1.807, 2.05) is 12.1 Å². The number of carbonyl (C=O) groups is 1. The molecular weight excluding hydrogens is 260 g/mol. The molecule has 1 fully saturated rings. The molecule has 1 saturated carbocycles. The summed E-state index contributed by atoms with van der Waals surface area (Å²) >= 11 is 0. The van der Waals surface area contributed by atoms with Crippen LogP contribution in [0.1, 0.15) is 25.3 Å². The molecular formula is C18H24N2O. The van der Waals surface area contributed by atoms with Crippen molar-refractivity contribution in [2.45, 2.75) is 32.2 Å². The fourth-order valence-corrected chi connectivity index (χ4v) is 3.76. The van der Waals surface area contributed by atoms with Crippen molar-refractivity contribution in [3.63, 3.8) is 0 Å². The van der Waals surface area contributed by atoms with Gasteiger partial charge in [0.1, 0.15) is 0 Å². The van der Waals surface area contributed by atoms with Crippen LogP contribution in [-0.4, -0.2) is 19.0 Å². The second-order valence-corrected chi connectivity index (χ2v) is 6.42. The molecule has 3 heteroatoms. The molecule has 4 atom stereocenters. The Morgan fingerprint density at radius 3 is 2.57 bits per heavy atom. The molecule has 21 heavy (non-hydrogen) atoms. The quantitative estimate of drug-likeness (QED) is 0.816. The van der Waals surface area contributed by atoms with E-state index in [2.05, 4.69) is 41.8 Å². The summed E-state index contributed by atoms with van der Waals surface area (Å²) in [6, 6.07) is 8.72. The molecule has 1 aromatic carbocycles. The fourth-order valence-electron chi connectivity index (χ4n) is 3.76. The molecule has 0 spiro atoms. The van der Waals surface area contributed by atoms with Gasteiger partial charge in [0.15, 0.2) is 0 Å². The summed E-state index contributed by atoms with van der Waals surface area (Å²) in [7, 11) is 1.67. The molecule has 0 saturated heterocycles. The Labute approximate surface area is 126 Å². The molecule has 2 aliphatic rings. The number of amides is 1. The highest BCUT2D eigenvalue weighted by Gasteiger charge is 2.38. The minimum Gasteiger partial charge on any atom is -0.382 e. The zero-order valence-electron chi connectivity index (χ0n) is 12.8. The molecule has 2 N–H and O–H groups in total. The van der Waals surface area contributed by atoms with Gasteiger partial charge in [0.25, 0.3) is 0 Å². The Kier molecular flexibility index (Phi) is 4.00. The molecule has 0 heterocycles. The Bertz CT molecular complexity index is 535. The molecule has 2 bridgehead atoms. The highest BCUT2D eigenvalue weighted by molar-refractivity contribution is 5.78. The highest BCUT2D eigenvalue weighted by atomic mass is 16.1. The summed E-state index contributed by atoms with van der Waals surface area (Å²) < 4.78 is 0. The number of hydrogen-bond acceptors (Lipinski definition) is 2. The van der Waals surface area contributed by atoms with E-state index in [4.69, 9.17) is 0 Å². The molecule has 112 valence electrons. The lowest BCUT2D eigenvalue weighted by atomic mass is 9.87. The van der Waals surface area contributed by atoms with Crippen molar-refractivity contribution in [3.8, 4) is 0 Å². The van der Waals surface area contributed by atoms with Gasteiger partial charge in [0.05, 0.1) is 6.42 Å². The van der Waals surface area contributed by atoms with E-state index in [1.165, 1.54) is 12.8 Å². The van der Waals surface area contributed by atoms with E-state index in [9.17, 15) is 4.79 Å². The molecule has 3 rings (SSSR count). The predicted molar refractivity (Wildman–Crippen MR) is 86.1 cm³/mol. The lowest BCUT2D eigenvalue weighted by Crippen LogP contribution is -2.28. The highest BCUT2D eigenvalue weighted by Crippen LogP contribution is 2.45. The number of fused-ring (bicyclic) bond motifs is 2. The van der Waals surface area contributed by atoms with Crippen molar-refractivity contribution >= 4 is 11.6 Å². The Morgan fingerprint density at radius 2 is 2.00 bits per heavy atom. The maximum Gasteiger partial charge on any atom is 0.224 e. The van der Waals surface area contributed by atoms with Crippen LogP contribution in [-0.2, 0) is 11.2 Å². The predicted octanol–water partition coefficient (Wildman–Crippen LogP) is 2.99. The second-order valence-electron chi connectivity index (χ2n) is 6.42. The van der Waals surface area contributed by atoms with Gasteiger partial charge in [-0.25, -0.2) is 0 Å². The average Bonchev–Trinajstić information content (AvgIpc) is 3.12. The maximum absolute atomic E-state index is 11.4. The molecule has 0 aliphatic heterocycles. The van der Waals surface area contributed by atoms with Crippen LogP contribution in [0.3, 0.4) is 0 Å². The fraction of sp³-hybridized carbons (Fsp3) is 0.500. The number of benzene rings is 1. The van der Waals surface area contributed by atoms with Gasteiger partial charge in [-0.1, -0.05) is 24.3 Å². The van der Waals surface area contributed by atoms with Crippen LogP contribution >= 0.6 is 0 Å². The minimum atomic E-state index is 0.0536. The number of anilines is 1. The number of hydrogen-bond donors (Lipinski definition) is 2. The first-order chi connectivity index (χ1) is 10.2. The van der Waals surface area contributed by atoms with Gasteiger partial charge in [0.2, 0.25) is 5.91 Å². The van der Waals surface area contributed by atoms with Gasteiger partial charge >= 0.3 is 0 Å². The maximum atomic E-state index is 11.4. The summed E-state index contributed by atoms with van der Waals surface area (Å²) in [6.45, 7) is 2.29.